The maximum Gasteiger partial charge on any atom is 0.322 e. The first kappa shape index (κ1) is 18.8. The summed E-state index contributed by atoms with van der Waals surface area (Å²) in [7, 11) is 0. The molecule has 2 aromatic carbocycles. The number of amides is 4. The second-order valence-electron chi connectivity index (χ2n) is 7.01. The van der Waals surface area contributed by atoms with Crippen molar-refractivity contribution in [3.63, 3.8) is 0 Å². The third kappa shape index (κ3) is 3.34. The Bertz CT molecular complexity index is 990. The van der Waals surface area contributed by atoms with Gasteiger partial charge in [0.2, 0.25) is 0 Å². The van der Waals surface area contributed by atoms with Crippen LogP contribution in [0, 0.1) is 5.92 Å². The number of halogens is 2. The molecule has 1 aliphatic heterocycles. The van der Waals surface area contributed by atoms with E-state index in [2.05, 4.69) is 16.0 Å². The second kappa shape index (κ2) is 7.11. The van der Waals surface area contributed by atoms with Gasteiger partial charge < -0.3 is 10.6 Å². The van der Waals surface area contributed by atoms with Crippen LogP contribution >= 0.6 is 23.2 Å². The fourth-order valence-electron chi connectivity index (χ4n) is 3.55. The van der Waals surface area contributed by atoms with E-state index in [1.54, 1.807) is 30.3 Å². The largest absolute Gasteiger partial charge is 0.349 e. The first-order valence-corrected chi connectivity index (χ1v) is 9.62. The van der Waals surface area contributed by atoms with Gasteiger partial charge in [0.05, 0.1) is 16.6 Å². The number of carbonyl (C=O) groups is 3. The molecule has 0 aromatic heterocycles. The number of benzene rings is 2. The summed E-state index contributed by atoms with van der Waals surface area (Å²) in [6.07, 6.45) is 1.67. The molecule has 0 radical (unpaired) electrons. The highest BCUT2D eigenvalue weighted by molar-refractivity contribution is 6.42. The molecule has 1 aliphatic carbocycles. The van der Waals surface area contributed by atoms with Gasteiger partial charge in [0.1, 0.15) is 5.54 Å². The molecule has 28 heavy (non-hydrogen) atoms. The Morgan fingerprint density at radius 3 is 2.50 bits per heavy atom. The molecule has 6 nitrogen and oxygen atoms in total. The normalized spacial score (nSPS) is 21.2. The van der Waals surface area contributed by atoms with Crippen molar-refractivity contribution in [2.24, 2.45) is 5.92 Å². The van der Waals surface area contributed by atoms with Crippen molar-refractivity contribution in [2.75, 3.05) is 6.54 Å². The third-order valence-corrected chi connectivity index (χ3v) is 5.91. The topological polar surface area (TPSA) is 87.3 Å². The van der Waals surface area contributed by atoms with E-state index >= 15 is 0 Å². The van der Waals surface area contributed by atoms with Gasteiger partial charge in [0.25, 0.3) is 11.8 Å². The summed E-state index contributed by atoms with van der Waals surface area (Å²) in [5.74, 6) is -0.696. The van der Waals surface area contributed by atoms with Crippen LogP contribution in [0.5, 0.6) is 0 Å². The number of urea groups is 1. The SMILES string of the molecule is O=C1NC(=O)[C@](CNC(=O)c2ccccc2-c2ccc(Cl)c(Cl)c2)(C2CC2)N1. The molecule has 4 amide bonds. The van der Waals surface area contributed by atoms with Gasteiger partial charge in [0, 0.05) is 5.56 Å². The maximum atomic E-state index is 12.9. The lowest BCUT2D eigenvalue weighted by Crippen LogP contribution is -2.57. The number of rotatable bonds is 5. The Labute approximate surface area is 171 Å². The molecule has 2 aliphatic rings. The van der Waals surface area contributed by atoms with Gasteiger partial charge in [-0.2, -0.15) is 0 Å². The van der Waals surface area contributed by atoms with E-state index in [0.29, 0.717) is 21.2 Å². The minimum Gasteiger partial charge on any atom is -0.349 e. The zero-order valence-corrected chi connectivity index (χ0v) is 16.2. The van der Waals surface area contributed by atoms with E-state index in [0.717, 1.165) is 18.4 Å². The summed E-state index contributed by atoms with van der Waals surface area (Å²) in [5, 5.41) is 8.62. The van der Waals surface area contributed by atoms with Crippen LogP contribution < -0.4 is 16.0 Å². The van der Waals surface area contributed by atoms with Crippen molar-refractivity contribution in [3.05, 3.63) is 58.1 Å². The van der Waals surface area contributed by atoms with Gasteiger partial charge in [-0.15, -0.1) is 0 Å². The molecule has 1 saturated heterocycles. The Kier molecular flexibility index (Phi) is 4.77. The molecule has 3 N–H and O–H groups in total. The van der Waals surface area contributed by atoms with Crippen molar-refractivity contribution in [1.82, 2.24) is 16.0 Å². The Morgan fingerprint density at radius 1 is 1.11 bits per heavy atom. The van der Waals surface area contributed by atoms with Gasteiger partial charge in [0.15, 0.2) is 0 Å². The molecule has 144 valence electrons. The quantitative estimate of drug-likeness (QED) is 0.651. The minimum atomic E-state index is -1.08. The van der Waals surface area contributed by atoms with E-state index in [-0.39, 0.29) is 18.4 Å². The third-order valence-electron chi connectivity index (χ3n) is 5.17. The number of carbonyl (C=O) groups excluding carboxylic acids is 3. The van der Waals surface area contributed by atoms with Gasteiger partial charge in [-0.1, -0.05) is 47.5 Å². The first-order valence-electron chi connectivity index (χ1n) is 8.87. The Morgan fingerprint density at radius 2 is 1.86 bits per heavy atom. The van der Waals surface area contributed by atoms with Crippen LogP contribution in [-0.4, -0.2) is 29.9 Å². The first-order chi connectivity index (χ1) is 13.4. The van der Waals surface area contributed by atoms with E-state index in [1.165, 1.54) is 0 Å². The van der Waals surface area contributed by atoms with E-state index < -0.39 is 17.5 Å². The van der Waals surface area contributed by atoms with Crippen molar-refractivity contribution in [2.45, 2.75) is 18.4 Å². The molecular formula is C20H17Cl2N3O3. The lowest BCUT2D eigenvalue weighted by atomic mass is 9.93. The maximum absolute atomic E-state index is 12.9. The minimum absolute atomic E-state index is 0.0315. The molecule has 0 spiro atoms. The van der Waals surface area contributed by atoms with E-state index in [9.17, 15) is 14.4 Å². The van der Waals surface area contributed by atoms with Gasteiger partial charge >= 0.3 is 6.03 Å². The van der Waals surface area contributed by atoms with Crippen LogP contribution in [0.15, 0.2) is 42.5 Å². The average molecular weight is 418 g/mol. The van der Waals surface area contributed by atoms with Crippen molar-refractivity contribution in [1.29, 1.82) is 0 Å². The molecular weight excluding hydrogens is 401 g/mol. The molecule has 2 aromatic rings. The monoisotopic (exact) mass is 417 g/mol. The molecule has 1 atom stereocenters. The summed E-state index contributed by atoms with van der Waals surface area (Å²) in [5.41, 5.74) is 0.810. The Hall–Kier alpha value is -2.57. The average Bonchev–Trinajstić information content (AvgIpc) is 3.48. The number of hydrogen-bond donors (Lipinski definition) is 3. The predicted octanol–water partition coefficient (Wildman–Crippen LogP) is 3.38. The number of imide groups is 1. The molecule has 0 bridgehead atoms. The van der Waals surface area contributed by atoms with E-state index in [4.69, 9.17) is 23.2 Å². The molecule has 8 heteroatoms. The van der Waals surface area contributed by atoms with Gasteiger partial charge in [-0.3, -0.25) is 14.9 Å². The van der Waals surface area contributed by atoms with Crippen molar-refractivity contribution >= 4 is 41.0 Å². The summed E-state index contributed by atoms with van der Waals surface area (Å²) in [4.78, 5) is 36.9. The van der Waals surface area contributed by atoms with Crippen molar-refractivity contribution in [3.8, 4) is 11.1 Å². The predicted molar refractivity (Wildman–Crippen MR) is 106 cm³/mol. The van der Waals surface area contributed by atoms with Gasteiger partial charge in [-0.05, 0) is 48.1 Å². The number of nitrogens with one attached hydrogen (secondary N) is 3. The second-order valence-corrected chi connectivity index (χ2v) is 7.83. The smallest absolute Gasteiger partial charge is 0.322 e. The molecule has 1 heterocycles. The summed E-state index contributed by atoms with van der Waals surface area (Å²) in [6, 6.07) is 11.7. The molecule has 2 fully saturated rings. The Balaban J connectivity index is 1.58. The van der Waals surface area contributed by atoms with Crippen LogP contribution in [0.1, 0.15) is 23.2 Å². The molecule has 0 unspecified atom stereocenters. The van der Waals surface area contributed by atoms with Crippen LogP contribution in [0.2, 0.25) is 10.0 Å². The fraction of sp³-hybridized carbons (Fsp3) is 0.250. The summed E-state index contributed by atoms with van der Waals surface area (Å²) >= 11 is 12.1. The van der Waals surface area contributed by atoms with Crippen LogP contribution in [0.4, 0.5) is 4.79 Å². The summed E-state index contributed by atoms with van der Waals surface area (Å²) in [6.45, 7) is 0.0315. The van der Waals surface area contributed by atoms with Crippen LogP contribution in [0.25, 0.3) is 11.1 Å². The lowest BCUT2D eigenvalue weighted by Gasteiger charge is -2.26. The number of hydrogen-bond acceptors (Lipinski definition) is 3. The van der Waals surface area contributed by atoms with Crippen LogP contribution in [-0.2, 0) is 4.79 Å². The molecule has 4 rings (SSSR count). The zero-order valence-electron chi connectivity index (χ0n) is 14.7. The van der Waals surface area contributed by atoms with E-state index in [1.807, 2.05) is 12.1 Å². The highest BCUT2D eigenvalue weighted by atomic mass is 35.5. The lowest BCUT2D eigenvalue weighted by molar-refractivity contribution is -0.124. The van der Waals surface area contributed by atoms with Gasteiger partial charge in [-0.25, -0.2) is 4.79 Å². The summed E-state index contributed by atoms with van der Waals surface area (Å²) < 4.78 is 0. The van der Waals surface area contributed by atoms with Crippen molar-refractivity contribution < 1.29 is 14.4 Å². The highest BCUT2D eigenvalue weighted by Crippen LogP contribution is 2.41. The highest BCUT2D eigenvalue weighted by Gasteiger charge is 2.56. The standard InChI is InChI=1S/C20H17Cl2N3O3/c21-15-8-5-11(9-16(15)22)13-3-1-2-4-14(13)17(26)23-10-20(12-6-7-12)18(27)24-19(28)25-20/h1-5,8-9,12H,6-7,10H2,(H,23,26)(H2,24,25,27,28)/t20-/m0/s1. The zero-order chi connectivity index (χ0) is 19.9. The van der Waals surface area contributed by atoms with Crippen LogP contribution in [0.3, 0.4) is 0 Å². The molecule has 1 saturated carbocycles. The fourth-order valence-corrected chi connectivity index (χ4v) is 3.85.